The van der Waals surface area contributed by atoms with Crippen LogP contribution in [0, 0.1) is 11.6 Å². The van der Waals surface area contributed by atoms with E-state index in [-0.39, 0.29) is 11.6 Å². The average Bonchev–Trinajstić information content (AvgIpc) is 2.45. The van der Waals surface area contributed by atoms with Crippen molar-refractivity contribution in [3.05, 3.63) is 69.7 Å². The molecule has 1 nitrogen and oxygen atoms in total. The molecule has 0 saturated carbocycles. The summed E-state index contributed by atoms with van der Waals surface area (Å²) in [6.45, 7) is 0. The van der Waals surface area contributed by atoms with Crippen LogP contribution in [-0.2, 0) is 6.42 Å². The van der Waals surface area contributed by atoms with E-state index in [9.17, 15) is 8.78 Å². The summed E-state index contributed by atoms with van der Waals surface area (Å²) in [5.41, 5.74) is 1.36. The predicted molar refractivity (Wildman–Crippen MR) is 85.2 cm³/mol. The van der Waals surface area contributed by atoms with E-state index in [0.717, 1.165) is 12.8 Å². The molecule has 0 fully saturated rings. The minimum Gasteiger partial charge on any atom is -0.313 e. The Hall–Kier alpha value is -1.26. The van der Waals surface area contributed by atoms with Gasteiger partial charge in [0.1, 0.15) is 11.6 Å². The molecule has 0 aliphatic heterocycles. The predicted octanol–water partition coefficient (Wildman–Crippen LogP) is 5.01. The molecule has 2 aromatic rings. The zero-order valence-electron chi connectivity index (χ0n) is 11.9. The van der Waals surface area contributed by atoms with Gasteiger partial charge in [-0.3, -0.25) is 0 Å². The number of hydrogen-bond donors (Lipinski definition) is 1. The van der Waals surface area contributed by atoms with Gasteiger partial charge in [-0.1, -0.05) is 46.3 Å². The van der Waals surface area contributed by atoms with Crippen LogP contribution < -0.4 is 5.32 Å². The fourth-order valence-electron chi connectivity index (χ4n) is 2.47. The van der Waals surface area contributed by atoms with E-state index >= 15 is 0 Å². The van der Waals surface area contributed by atoms with Crippen molar-refractivity contribution >= 4 is 15.9 Å². The largest absolute Gasteiger partial charge is 0.313 e. The normalized spacial score (nSPS) is 12.4. The average molecular weight is 354 g/mol. The van der Waals surface area contributed by atoms with E-state index in [1.54, 1.807) is 7.05 Å². The Labute approximate surface area is 132 Å². The first kappa shape index (κ1) is 16.1. The molecule has 4 heteroatoms. The first-order valence-electron chi connectivity index (χ1n) is 6.97. The number of aryl methyl sites for hydroxylation is 1. The zero-order valence-corrected chi connectivity index (χ0v) is 13.5. The Kier molecular flexibility index (Phi) is 5.88. The maximum Gasteiger partial charge on any atom is 0.132 e. The Bertz CT molecular complexity index is 564. The molecule has 1 N–H and O–H groups in total. The molecule has 1 unspecified atom stereocenters. The zero-order chi connectivity index (χ0) is 15.2. The summed E-state index contributed by atoms with van der Waals surface area (Å²) in [6.07, 6.45) is 2.45. The van der Waals surface area contributed by atoms with Crippen LogP contribution in [0.3, 0.4) is 0 Å². The first-order valence-corrected chi connectivity index (χ1v) is 7.76. The van der Waals surface area contributed by atoms with Gasteiger partial charge in [0.2, 0.25) is 0 Å². The Balaban J connectivity index is 2.03. The van der Waals surface area contributed by atoms with Gasteiger partial charge in [-0.25, -0.2) is 8.78 Å². The van der Waals surface area contributed by atoms with E-state index in [1.165, 1.54) is 17.7 Å². The van der Waals surface area contributed by atoms with Gasteiger partial charge in [0.25, 0.3) is 0 Å². The third-order valence-electron chi connectivity index (χ3n) is 3.54. The number of hydrogen-bond acceptors (Lipinski definition) is 1. The summed E-state index contributed by atoms with van der Waals surface area (Å²) < 4.78 is 28.4. The lowest BCUT2D eigenvalue weighted by molar-refractivity contribution is 0.461. The molecule has 0 bridgehead atoms. The molecule has 0 radical (unpaired) electrons. The molecule has 0 saturated heterocycles. The van der Waals surface area contributed by atoms with Crippen LogP contribution >= 0.6 is 15.9 Å². The Morgan fingerprint density at radius 3 is 2.29 bits per heavy atom. The number of rotatable bonds is 6. The highest BCUT2D eigenvalue weighted by atomic mass is 79.9. The van der Waals surface area contributed by atoms with Crippen molar-refractivity contribution in [1.82, 2.24) is 5.32 Å². The third kappa shape index (κ3) is 4.35. The van der Waals surface area contributed by atoms with Gasteiger partial charge in [0, 0.05) is 16.1 Å². The minimum absolute atomic E-state index is 0.119. The molecule has 2 rings (SSSR count). The molecule has 2 aromatic carbocycles. The van der Waals surface area contributed by atoms with Crippen LogP contribution in [0.25, 0.3) is 0 Å². The monoisotopic (exact) mass is 353 g/mol. The summed E-state index contributed by atoms with van der Waals surface area (Å²) in [7, 11) is 1.73. The third-order valence-corrected chi connectivity index (χ3v) is 4.00. The lowest BCUT2D eigenvalue weighted by Crippen LogP contribution is -2.19. The lowest BCUT2D eigenvalue weighted by atomic mass is 9.98. The van der Waals surface area contributed by atoms with E-state index in [2.05, 4.69) is 33.4 Å². The fraction of sp³-hybridized carbons (Fsp3) is 0.294. The molecule has 112 valence electrons. The van der Waals surface area contributed by atoms with Crippen LogP contribution in [0.15, 0.2) is 46.9 Å². The molecule has 21 heavy (non-hydrogen) atoms. The van der Waals surface area contributed by atoms with Gasteiger partial charge in [-0.2, -0.15) is 0 Å². The van der Waals surface area contributed by atoms with Crippen molar-refractivity contribution < 1.29 is 8.78 Å². The maximum absolute atomic E-state index is 14.0. The van der Waals surface area contributed by atoms with Crippen LogP contribution in [0.1, 0.15) is 30.0 Å². The smallest absolute Gasteiger partial charge is 0.132 e. The van der Waals surface area contributed by atoms with Crippen molar-refractivity contribution in [2.75, 3.05) is 7.05 Å². The number of halogens is 3. The van der Waals surface area contributed by atoms with Gasteiger partial charge in [0.05, 0.1) is 0 Å². The minimum atomic E-state index is -0.513. The van der Waals surface area contributed by atoms with Gasteiger partial charge in [-0.05, 0) is 44.0 Å². The second-order valence-corrected chi connectivity index (χ2v) is 5.92. The van der Waals surface area contributed by atoms with Gasteiger partial charge >= 0.3 is 0 Å². The summed E-state index contributed by atoms with van der Waals surface area (Å²) in [6, 6.07) is 12.4. The quantitative estimate of drug-likeness (QED) is 0.769. The molecule has 0 spiro atoms. The van der Waals surface area contributed by atoms with Crippen LogP contribution in [0.4, 0.5) is 8.78 Å². The Morgan fingerprint density at radius 1 is 1.10 bits per heavy atom. The molecule has 0 aliphatic carbocycles. The van der Waals surface area contributed by atoms with E-state index in [0.29, 0.717) is 10.9 Å². The van der Waals surface area contributed by atoms with Crippen LogP contribution in [0.2, 0.25) is 0 Å². The molecule has 1 atom stereocenters. The van der Waals surface area contributed by atoms with Crippen molar-refractivity contribution in [2.24, 2.45) is 0 Å². The van der Waals surface area contributed by atoms with Crippen molar-refractivity contribution in [3.63, 3.8) is 0 Å². The second kappa shape index (κ2) is 7.66. The molecule has 0 aromatic heterocycles. The number of benzene rings is 2. The van der Waals surface area contributed by atoms with E-state index in [1.807, 2.05) is 18.2 Å². The molecule has 0 heterocycles. The van der Waals surface area contributed by atoms with Crippen molar-refractivity contribution in [1.29, 1.82) is 0 Å². The first-order chi connectivity index (χ1) is 10.1. The fourth-order valence-corrected chi connectivity index (χ4v) is 2.88. The number of nitrogens with one attached hydrogen (secondary N) is 1. The summed E-state index contributed by atoms with van der Waals surface area (Å²) in [5, 5.41) is 3.01. The molecule has 0 aliphatic rings. The van der Waals surface area contributed by atoms with Crippen LogP contribution in [0.5, 0.6) is 0 Å². The van der Waals surface area contributed by atoms with Crippen LogP contribution in [-0.4, -0.2) is 7.05 Å². The molecular formula is C17H18BrF2N. The highest BCUT2D eigenvalue weighted by Crippen LogP contribution is 2.27. The van der Waals surface area contributed by atoms with E-state index < -0.39 is 11.6 Å². The maximum atomic E-state index is 14.0. The highest BCUT2D eigenvalue weighted by Gasteiger charge is 2.19. The standard InChI is InChI=1S/C17H18BrF2N/c1-21-16(9-5-8-12-6-3-2-4-7-12)17-14(19)10-13(18)11-15(17)20/h2-4,6-7,10-11,16,21H,5,8-9H2,1H3. The SMILES string of the molecule is CNC(CCCc1ccccc1)c1c(F)cc(Br)cc1F. The topological polar surface area (TPSA) is 12.0 Å². The van der Waals surface area contributed by atoms with Gasteiger partial charge in [-0.15, -0.1) is 0 Å². The van der Waals surface area contributed by atoms with Gasteiger partial charge < -0.3 is 5.32 Å². The van der Waals surface area contributed by atoms with Crippen molar-refractivity contribution in [3.8, 4) is 0 Å². The lowest BCUT2D eigenvalue weighted by Gasteiger charge is -2.18. The summed E-state index contributed by atoms with van der Waals surface area (Å²) >= 11 is 3.10. The Morgan fingerprint density at radius 2 is 1.71 bits per heavy atom. The second-order valence-electron chi connectivity index (χ2n) is 5.00. The summed E-state index contributed by atoms with van der Waals surface area (Å²) in [4.78, 5) is 0. The highest BCUT2D eigenvalue weighted by molar-refractivity contribution is 9.10. The van der Waals surface area contributed by atoms with Crippen molar-refractivity contribution in [2.45, 2.75) is 25.3 Å². The molecular weight excluding hydrogens is 336 g/mol. The van der Waals surface area contributed by atoms with E-state index in [4.69, 9.17) is 0 Å². The molecule has 0 amide bonds. The summed E-state index contributed by atoms with van der Waals surface area (Å²) in [5.74, 6) is -1.03. The van der Waals surface area contributed by atoms with Gasteiger partial charge in [0.15, 0.2) is 0 Å².